The van der Waals surface area contributed by atoms with Crippen LogP contribution in [0.1, 0.15) is 25.0 Å². The highest BCUT2D eigenvalue weighted by Gasteiger charge is 2.47. The Bertz CT molecular complexity index is 1890. The Labute approximate surface area is 263 Å². The molecule has 0 N–H and O–H groups in total. The van der Waals surface area contributed by atoms with Crippen LogP contribution in [-0.2, 0) is 5.41 Å². The molecular formula is C41H36BNSi. The van der Waals surface area contributed by atoms with Gasteiger partial charge in [-0.25, -0.2) is 0 Å². The smallest absolute Gasteiger partial charge is 0.327 e. The topological polar surface area (TPSA) is 3.24 Å². The number of fused-ring (bicyclic) bond motifs is 4. The molecule has 0 amide bonds. The zero-order valence-electron chi connectivity index (χ0n) is 25.9. The molecule has 0 spiro atoms. The van der Waals surface area contributed by atoms with Crippen molar-refractivity contribution in [1.82, 2.24) is 0 Å². The van der Waals surface area contributed by atoms with Crippen molar-refractivity contribution in [2.45, 2.75) is 32.4 Å². The Morgan fingerprint density at radius 2 is 0.886 bits per heavy atom. The molecule has 0 fully saturated rings. The highest BCUT2D eigenvalue weighted by atomic mass is 28.3. The van der Waals surface area contributed by atoms with E-state index in [0.717, 1.165) is 0 Å². The van der Waals surface area contributed by atoms with Crippen molar-refractivity contribution in [1.29, 1.82) is 0 Å². The first-order chi connectivity index (χ1) is 21.4. The van der Waals surface area contributed by atoms with Crippen LogP contribution in [0.2, 0.25) is 13.1 Å². The van der Waals surface area contributed by atoms with Crippen LogP contribution in [0.25, 0.3) is 22.3 Å². The van der Waals surface area contributed by atoms with E-state index in [0.29, 0.717) is 0 Å². The summed E-state index contributed by atoms with van der Waals surface area (Å²) in [6, 6.07) is 54.5. The largest absolute Gasteiger partial charge is 0.376 e. The molecule has 44 heavy (non-hydrogen) atoms. The minimum absolute atomic E-state index is 0.0635. The molecule has 0 radical (unpaired) electrons. The molecule has 2 heterocycles. The molecule has 6 aromatic carbocycles. The molecule has 0 bridgehead atoms. The number of hydrogen-bond donors (Lipinski definition) is 0. The zero-order chi connectivity index (χ0) is 30.1. The molecule has 0 aromatic heterocycles. The first-order valence-corrected chi connectivity index (χ1v) is 18.7. The summed E-state index contributed by atoms with van der Waals surface area (Å²) in [5.74, 6) is 0. The number of hydrogen-bond acceptors (Lipinski definition) is 1. The van der Waals surface area contributed by atoms with Crippen LogP contribution in [0, 0.1) is 0 Å². The molecule has 0 saturated heterocycles. The molecule has 212 valence electrons. The summed E-state index contributed by atoms with van der Waals surface area (Å²) in [5.41, 5.74) is 13.0. The van der Waals surface area contributed by atoms with Gasteiger partial charge in [-0.1, -0.05) is 182 Å². The average molecular weight is 582 g/mol. The number of benzene rings is 6. The van der Waals surface area contributed by atoms with Crippen molar-refractivity contribution >= 4 is 47.6 Å². The normalized spacial score (nSPS) is 15.5. The molecular weight excluding hydrogens is 545 g/mol. The van der Waals surface area contributed by atoms with E-state index in [9.17, 15) is 0 Å². The molecule has 6 aromatic rings. The summed E-state index contributed by atoms with van der Waals surface area (Å²) in [6.45, 7) is 9.89. The van der Waals surface area contributed by atoms with Gasteiger partial charge in [-0.2, -0.15) is 0 Å². The first-order valence-electron chi connectivity index (χ1n) is 15.7. The summed E-state index contributed by atoms with van der Waals surface area (Å²) in [4.78, 5) is 2.69. The van der Waals surface area contributed by atoms with Gasteiger partial charge in [-0.3, -0.25) is 0 Å². The SMILES string of the molecule is CC1(C)c2ccc(-c3ccccc3)cc2N(B2c3ccccc3[Si](C)(C)c3ccccc32)c2cc(-c3ccccc3)ccc21. The van der Waals surface area contributed by atoms with Crippen molar-refractivity contribution in [2.75, 3.05) is 4.81 Å². The molecule has 0 aliphatic carbocycles. The Hall–Kier alpha value is -4.60. The van der Waals surface area contributed by atoms with Crippen LogP contribution in [0.4, 0.5) is 11.4 Å². The van der Waals surface area contributed by atoms with E-state index in [1.807, 2.05) is 0 Å². The Morgan fingerprint density at radius 3 is 1.34 bits per heavy atom. The molecule has 2 aliphatic rings. The second-order valence-corrected chi connectivity index (χ2v) is 17.7. The van der Waals surface area contributed by atoms with Crippen LogP contribution in [0.5, 0.6) is 0 Å². The van der Waals surface area contributed by atoms with E-state index < -0.39 is 8.07 Å². The predicted octanol–water partition coefficient (Wildman–Crippen LogP) is 7.74. The molecule has 0 atom stereocenters. The molecule has 2 aliphatic heterocycles. The zero-order valence-corrected chi connectivity index (χ0v) is 26.9. The predicted molar refractivity (Wildman–Crippen MR) is 193 cm³/mol. The van der Waals surface area contributed by atoms with E-state index in [1.54, 1.807) is 0 Å². The third-order valence-corrected chi connectivity index (χ3v) is 13.8. The van der Waals surface area contributed by atoms with E-state index >= 15 is 0 Å². The van der Waals surface area contributed by atoms with Gasteiger partial charge < -0.3 is 4.81 Å². The molecule has 3 heteroatoms. The molecule has 1 nitrogen and oxygen atoms in total. The maximum absolute atomic E-state index is 2.69. The lowest BCUT2D eigenvalue weighted by molar-refractivity contribution is 0.634. The lowest BCUT2D eigenvalue weighted by atomic mass is 9.47. The summed E-state index contributed by atoms with van der Waals surface area (Å²) in [5, 5.41) is 3.07. The van der Waals surface area contributed by atoms with Crippen molar-refractivity contribution in [3.63, 3.8) is 0 Å². The summed E-state index contributed by atoms with van der Waals surface area (Å²) in [7, 11) is -1.90. The second-order valence-electron chi connectivity index (χ2n) is 13.4. The van der Waals surface area contributed by atoms with Crippen molar-refractivity contribution in [2.24, 2.45) is 0 Å². The highest BCUT2D eigenvalue weighted by molar-refractivity contribution is 7.11. The lowest BCUT2D eigenvalue weighted by Gasteiger charge is -2.48. The van der Waals surface area contributed by atoms with E-state index in [2.05, 4.69) is 177 Å². The Balaban J connectivity index is 1.46. The quantitative estimate of drug-likeness (QED) is 0.193. The van der Waals surface area contributed by atoms with Gasteiger partial charge in [0.1, 0.15) is 8.07 Å². The van der Waals surface area contributed by atoms with Crippen molar-refractivity contribution < 1.29 is 0 Å². The number of nitrogens with zero attached hydrogens (tertiary/aromatic N) is 1. The highest BCUT2D eigenvalue weighted by Crippen LogP contribution is 2.51. The second kappa shape index (κ2) is 9.97. The van der Waals surface area contributed by atoms with E-state index in [-0.39, 0.29) is 12.3 Å². The van der Waals surface area contributed by atoms with Crippen LogP contribution >= 0.6 is 0 Å². The van der Waals surface area contributed by atoms with Crippen molar-refractivity contribution in [3.05, 3.63) is 157 Å². The minimum Gasteiger partial charge on any atom is -0.376 e. The maximum Gasteiger partial charge on any atom is 0.327 e. The van der Waals surface area contributed by atoms with Gasteiger partial charge in [-0.15, -0.1) is 0 Å². The molecule has 8 rings (SSSR count). The first kappa shape index (κ1) is 27.0. The third-order valence-electron chi connectivity index (χ3n) is 10.2. The van der Waals surface area contributed by atoms with Crippen LogP contribution < -0.4 is 26.1 Å². The van der Waals surface area contributed by atoms with Crippen LogP contribution in [0.3, 0.4) is 0 Å². The van der Waals surface area contributed by atoms with Crippen LogP contribution in [0.15, 0.2) is 146 Å². The lowest BCUT2D eigenvalue weighted by Crippen LogP contribution is -2.77. The van der Waals surface area contributed by atoms with Gasteiger partial charge in [0.2, 0.25) is 0 Å². The fraction of sp³-hybridized carbons (Fsp3) is 0.122. The minimum atomic E-state index is -1.90. The summed E-state index contributed by atoms with van der Waals surface area (Å²) in [6.07, 6.45) is 0. The van der Waals surface area contributed by atoms with Gasteiger partial charge in [0.15, 0.2) is 0 Å². The van der Waals surface area contributed by atoms with Gasteiger partial charge in [0.05, 0.1) is 0 Å². The third kappa shape index (κ3) is 3.99. The van der Waals surface area contributed by atoms with Gasteiger partial charge >= 0.3 is 6.85 Å². The van der Waals surface area contributed by atoms with Crippen molar-refractivity contribution in [3.8, 4) is 22.3 Å². The number of rotatable bonds is 3. The maximum atomic E-state index is 2.69. The monoisotopic (exact) mass is 581 g/mol. The number of anilines is 2. The average Bonchev–Trinajstić information content (AvgIpc) is 3.07. The molecule has 0 saturated carbocycles. The summed E-state index contributed by atoms with van der Waals surface area (Å²) >= 11 is 0. The summed E-state index contributed by atoms with van der Waals surface area (Å²) < 4.78 is 0. The standard InChI is InChI=1S/C41H36BNSi/c1-41(2)33-25-23-31(29-15-7-5-8-16-29)27-37(33)43(38-28-32(24-26-34(38)41)30-17-9-6-10-18-30)42-35-19-11-13-21-39(35)44(3,4)40-22-14-12-20-36(40)42/h5-28H,1-4H3. The van der Waals surface area contributed by atoms with Gasteiger partial charge in [-0.05, 0) is 45.5 Å². The van der Waals surface area contributed by atoms with Gasteiger partial charge in [0, 0.05) is 16.8 Å². The Morgan fingerprint density at radius 1 is 0.477 bits per heavy atom. The molecule has 0 unspecified atom stereocenters. The van der Waals surface area contributed by atoms with E-state index in [1.165, 1.54) is 66.1 Å². The van der Waals surface area contributed by atoms with Gasteiger partial charge in [0.25, 0.3) is 0 Å². The Kier molecular flexibility index (Phi) is 6.12. The fourth-order valence-corrected chi connectivity index (χ4v) is 11.1. The van der Waals surface area contributed by atoms with E-state index in [4.69, 9.17) is 0 Å². The van der Waals surface area contributed by atoms with Crippen LogP contribution in [-0.4, -0.2) is 14.9 Å². The fourth-order valence-electron chi connectivity index (χ4n) is 7.89.